The minimum absolute atomic E-state index is 0.551. The van der Waals surface area contributed by atoms with E-state index in [-0.39, 0.29) is 0 Å². The van der Waals surface area contributed by atoms with Crippen molar-refractivity contribution in [1.82, 2.24) is 15.6 Å². The van der Waals surface area contributed by atoms with Crippen LogP contribution < -0.4 is 20.1 Å². The van der Waals surface area contributed by atoms with Crippen LogP contribution in [0.4, 0.5) is 0 Å². The fourth-order valence-electron chi connectivity index (χ4n) is 2.43. The number of nitrogens with zero attached hydrogens (tertiary/aromatic N) is 2. The van der Waals surface area contributed by atoms with E-state index in [4.69, 9.17) is 9.47 Å². The van der Waals surface area contributed by atoms with Gasteiger partial charge in [-0.1, -0.05) is 13.0 Å². The molecule has 1 aromatic carbocycles. The van der Waals surface area contributed by atoms with Crippen LogP contribution in [0.25, 0.3) is 0 Å². The van der Waals surface area contributed by atoms with Crippen molar-refractivity contribution >= 4 is 17.3 Å². The molecule has 6 nitrogen and oxygen atoms in total. The molecule has 0 saturated carbocycles. The van der Waals surface area contributed by atoms with Crippen molar-refractivity contribution in [3.05, 3.63) is 39.3 Å². The minimum atomic E-state index is 0.551. The molecule has 1 heterocycles. The van der Waals surface area contributed by atoms with Gasteiger partial charge in [-0.3, -0.25) is 0 Å². The van der Waals surface area contributed by atoms with Crippen molar-refractivity contribution in [3.63, 3.8) is 0 Å². The number of aliphatic imine (C=N–C) groups is 1. The Morgan fingerprint density at radius 2 is 2.00 bits per heavy atom. The van der Waals surface area contributed by atoms with Crippen LogP contribution in [-0.2, 0) is 13.1 Å². The fraction of sp³-hybridized carbons (Fsp3) is 0.500. The molecule has 0 unspecified atom stereocenters. The van der Waals surface area contributed by atoms with Crippen molar-refractivity contribution in [2.45, 2.75) is 47.2 Å². The lowest BCUT2D eigenvalue weighted by atomic mass is 10.2. The molecule has 2 aromatic rings. The van der Waals surface area contributed by atoms with Gasteiger partial charge in [0.05, 0.1) is 32.5 Å². The fourth-order valence-corrected chi connectivity index (χ4v) is 3.30. The number of hydrogen-bond acceptors (Lipinski definition) is 5. The number of thiazole rings is 1. The van der Waals surface area contributed by atoms with Crippen LogP contribution in [0.1, 0.15) is 41.4 Å². The number of rotatable bonds is 9. The van der Waals surface area contributed by atoms with Crippen LogP contribution >= 0.6 is 11.3 Å². The highest BCUT2D eigenvalue weighted by molar-refractivity contribution is 7.11. The van der Waals surface area contributed by atoms with E-state index in [9.17, 15) is 0 Å². The van der Waals surface area contributed by atoms with Crippen LogP contribution in [0.5, 0.6) is 11.5 Å². The average Bonchev–Trinajstić information content (AvgIpc) is 3.00. The van der Waals surface area contributed by atoms with Crippen molar-refractivity contribution in [2.75, 3.05) is 20.3 Å². The van der Waals surface area contributed by atoms with Gasteiger partial charge in [-0.05, 0) is 44.9 Å². The third kappa shape index (κ3) is 6.43. The molecule has 0 spiro atoms. The highest BCUT2D eigenvalue weighted by Gasteiger charge is 2.07. The van der Waals surface area contributed by atoms with E-state index in [1.807, 2.05) is 25.1 Å². The van der Waals surface area contributed by atoms with Gasteiger partial charge in [0.15, 0.2) is 17.5 Å². The summed E-state index contributed by atoms with van der Waals surface area (Å²) in [6.45, 7) is 11.0. The molecule has 0 aliphatic heterocycles. The van der Waals surface area contributed by atoms with E-state index in [2.05, 4.69) is 41.4 Å². The molecule has 7 heteroatoms. The summed E-state index contributed by atoms with van der Waals surface area (Å²) >= 11 is 1.72. The first-order chi connectivity index (χ1) is 13.1. The van der Waals surface area contributed by atoms with E-state index < -0.39 is 0 Å². The molecule has 0 radical (unpaired) electrons. The molecule has 0 bridgehead atoms. The predicted octanol–water partition coefficient (Wildman–Crippen LogP) is 3.81. The van der Waals surface area contributed by atoms with Crippen molar-refractivity contribution in [1.29, 1.82) is 0 Å². The van der Waals surface area contributed by atoms with E-state index in [1.165, 1.54) is 4.88 Å². The number of nitrogens with one attached hydrogen (secondary N) is 2. The van der Waals surface area contributed by atoms with Crippen LogP contribution in [0.15, 0.2) is 23.2 Å². The third-order valence-corrected chi connectivity index (χ3v) is 5.01. The van der Waals surface area contributed by atoms with Crippen LogP contribution in [0.3, 0.4) is 0 Å². The quantitative estimate of drug-likeness (QED) is 0.503. The maximum atomic E-state index is 5.70. The van der Waals surface area contributed by atoms with Gasteiger partial charge in [-0.15, -0.1) is 11.3 Å². The number of hydrogen-bond donors (Lipinski definition) is 2. The van der Waals surface area contributed by atoms with Crippen LogP contribution in [0, 0.1) is 13.8 Å². The molecule has 0 atom stereocenters. The maximum Gasteiger partial charge on any atom is 0.191 e. The van der Waals surface area contributed by atoms with E-state index in [0.717, 1.165) is 46.7 Å². The smallest absolute Gasteiger partial charge is 0.191 e. The Bertz CT molecular complexity index is 739. The van der Waals surface area contributed by atoms with Gasteiger partial charge in [-0.2, -0.15) is 0 Å². The summed E-state index contributed by atoms with van der Waals surface area (Å²) in [5.41, 5.74) is 2.16. The second-order valence-corrected chi connectivity index (χ2v) is 7.42. The Labute approximate surface area is 166 Å². The number of aromatic nitrogens is 1. The van der Waals surface area contributed by atoms with E-state index in [0.29, 0.717) is 19.7 Å². The Hall–Kier alpha value is -2.28. The summed E-state index contributed by atoms with van der Waals surface area (Å²) in [4.78, 5) is 10.5. The number of aryl methyl sites for hydroxylation is 2. The van der Waals surface area contributed by atoms with Gasteiger partial charge >= 0.3 is 0 Å². The second-order valence-electron chi connectivity index (χ2n) is 6.13. The molecule has 0 aliphatic carbocycles. The number of ether oxygens (including phenoxy) is 2. The van der Waals surface area contributed by atoms with E-state index >= 15 is 0 Å². The van der Waals surface area contributed by atoms with Crippen molar-refractivity contribution in [3.8, 4) is 11.5 Å². The molecular formula is C20H30N4O2S. The summed E-state index contributed by atoms with van der Waals surface area (Å²) in [7, 11) is 1.66. The van der Waals surface area contributed by atoms with Crippen LogP contribution in [0.2, 0.25) is 0 Å². The molecule has 27 heavy (non-hydrogen) atoms. The third-order valence-electron chi connectivity index (χ3n) is 3.93. The Kier molecular flexibility index (Phi) is 8.39. The predicted molar refractivity (Wildman–Crippen MR) is 112 cm³/mol. The summed E-state index contributed by atoms with van der Waals surface area (Å²) in [5.74, 6) is 2.28. The lowest BCUT2D eigenvalue weighted by Gasteiger charge is -2.12. The molecular weight excluding hydrogens is 360 g/mol. The summed E-state index contributed by atoms with van der Waals surface area (Å²) in [6, 6.07) is 5.94. The molecule has 0 saturated heterocycles. The minimum Gasteiger partial charge on any atom is -0.493 e. The Morgan fingerprint density at radius 3 is 2.63 bits per heavy atom. The molecule has 0 fully saturated rings. The topological polar surface area (TPSA) is 67.8 Å². The molecule has 1 aromatic heterocycles. The zero-order chi connectivity index (χ0) is 19.6. The second kappa shape index (κ2) is 10.8. The lowest BCUT2D eigenvalue weighted by molar-refractivity contribution is 0.294. The van der Waals surface area contributed by atoms with E-state index in [1.54, 1.807) is 18.4 Å². The largest absolute Gasteiger partial charge is 0.493 e. The average molecular weight is 391 g/mol. The highest BCUT2D eigenvalue weighted by Crippen LogP contribution is 2.28. The Morgan fingerprint density at radius 1 is 1.19 bits per heavy atom. The van der Waals surface area contributed by atoms with Crippen molar-refractivity contribution < 1.29 is 9.47 Å². The molecule has 0 aliphatic rings. The van der Waals surface area contributed by atoms with Gasteiger partial charge in [-0.25, -0.2) is 9.98 Å². The Balaban J connectivity index is 2.02. The molecule has 2 rings (SSSR count). The first kappa shape index (κ1) is 21.0. The van der Waals surface area contributed by atoms with Crippen LogP contribution in [-0.4, -0.2) is 31.2 Å². The number of methoxy groups -OCH3 is 1. The van der Waals surface area contributed by atoms with Gasteiger partial charge in [0.1, 0.15) is 5.01 Å². The van der Waals surface area contributed by atoms with Gasteiger partial charge in [0.2, 0.25) is 0 Å². The zero-order valence-electron chi connectivity index (χ0n) is 16.9. The van der Waals surface area contributed by atoms with Crippen molar-refractivity contribution in [2.24, 2.45) is 4.99 Å². The SMILES string of the molecule is CCCOc1ccc(CN=C(NCC)NCc2nc(C)c(C)s2)cc1OC. The standard InChI is InChI=1S/C20H30N4O2S/c1-6-10-26-17-9-8-16(11-18(17)25-5)12-22-20(21-7-2)23-13-19-24-14(3)15(4)27-19/h8-9,11H,6-7,10,12-13H2,1-5H3,(H2,21,22,23). The first-order valence-electron chi connectivity index (χ1n) is 9.32. The number of guanidine groups is 1. The first-order valence-corrected chi connectivity index (χ1v) is 10.1. The highest BCUT2D eigenvalue weighted by atomic mass is 32.1. The van der Waals surface area contributed by atoms with Gasteiger partial charge < -0.3 is 20.1 Å². The lowest BCUT2D eigenvalue weighted by Crippen LogP contribution is -2.36. The zero-order valence-corrected chi connectivity index (χ0v) is 17.7. The van der Waals surface area contributed by atoms with Gasteiger partial charge in [0.25, 0.3) is 0 Å². The molecule has 2 N–H and O–H groups in total. The van der Waals surface area contributed by atoms with Gasteiger partial charge in [0, 0.05) is 11.4 Å². The summed E-state index contributed by atoms with van der Waals surface area (Å²) in [6.07, 6.45) is 0.963. The molecule has 148 valence electrons. The normalized spacial score (nSPS) is 11.4. The molecule has 0 amide bonds. The monoisotopic (exact) mass is 390 g/mol. The number of benzene rings is 1. The summed E-state index contributed by atoms with van der Waals surface area (Å²) in [5, 5.41) is 7.68. The maximum absolute atomic E-state index is 5.70. The summed E-state index contributed by atoms with van der Waals surface area (Å²) < 4.78 is 11.1.